The Bertz CT molecular complexity index is 945. The standard InChI is InChI=1S/C19H20BrFN4O2/c20-14-7-10-25-17(22-8-3-6-18(27)23-9-11-26)12-16(24-19(14)25)13-4-1-2-5-15(13)21/h1-2,4-5,7,10,12,22,26H,3,6,8-9,11H2,(H,23,27). The van der Waals surface area contributed by atoms with Crippen molar-refractivity contribution < 1.29 is 14.3 Å². The molecule has 1 amide bonds. The monoisotopic (exact) mass is 434 g/mol. The summed E-state index contributed by atoms with van der Waals surface area (Å²) in [7, 11) is 0. The van der Waals surface area contributed by atoms with E-state index < -0.39 is 0 Å². The molecule has 3 N–H and O–H groups in total. The Kier molecular flexibility index (Phi) is 6.41. The van der Waals surface area contributed by atoms with Crippen LogP contribution < -0.4 is 10.6 Å². The van der Waals surface area contributed by atoms with Gasteiger partial charge in [0.25, 0.3) is 0 Å². The number of carbonyl (C=O) groups excluding carboxylic acids is 1. The number of carbonyl (C=O) groups is 1. The molecule has 0 bridgehead atoms. The van der Waals surface area contributed by atoms with Gasteiger partial charge >= 0.3 is 0 Å². The summed E-state index contributed by atoms with van der Waals surface area (Å²) in [5, 5.41) is 14.6. The smallest absolute Gasteiger partial charge is 0.220 e. The van der Waals surface area contributed by atoms with Crippen molar-refractivity contribution in [2.45, 2.75) is 12.8 Å². The van der Waals surface area contributed by atoms with Gasteiger partial charge in [-0.3, -0.25) is 9.20 Å². The molecule has 2 aromatic heterocycles. The van der Waals surface area contributed by atoms with Gasteiger partial charge in [0.05, 0.1) is 16.8 Å². The van der Waals surface area contributed by atoms with E-state index in [0.29, 0.717) is 36.3 Å². The van der Waals surface area contributed by atoms with Crippen LogP contribution in [0.25, 0.3) is 16.9 Å². The van der Waals surface area contributed by atoms with Gasteiger partial charge in [-0.1, -0.05) is 12.1 Å². The number of halogens is 2. The lowest BCUT2D eigenvalue weighted by molar-refractivity contribution is -0.121. The first-order valence-corrected chi connectivity index (χ1v) is 9.43. The second kappa shape index (κ2) is 8.96. The van der Waals surface area contributed by atoms with Gasteiger partial charge in [-0.25, -0.2) is 9.37 Å². The molecule has 0 aliphatic heterocycles. The van der Waals surface area contributed by atoms with E-state index in [9.17, 15) is 9.18 Å². The van der Waals surface area contributed by atoms with Crippen molar-refractivity contribution in [2.75, 3.05) is 25.0 Å². The van der Waals surface area contributed by atoms with Gasteiger partial charge in [0.1, 0.15) is 11.6 Å². The molecule has 1 aromatic carbocycles. The number of nitrogens with one attached hydrogen (secondary N) is 2. The van der Waals surface area contributed by atoms with Crippen LogP contribution >= 0.6 is 15.9 Å². The van der Waals surface area contributed by atoms with Crippen molar-refractivity contribution in [1.82, 2.24) is 14.7 Å². The lowest BCUT2D eigenvalue weighted by Gasteiger charge is -2.12. The third-order valence-corrected chi connectivity index (χ3v) is 4.66. The minimum atomic E-state index is -0.330. The Labute approximate surface area is 164 Å². The Balaban J connectivity index is 1.78. The number of nitrogens with zero attached hydrogens (tertiary/aromatic N) is 2. The van der Waals surface area contributed by atoms with Gasteiger partial charge in [-0.2, -0.15) is 0 Å². The van der Waals surface area contributed by atoms with Crippen LogP contribution in [-0.4, -0.2) is 40.1 Å². The largest absolute Gasteiger partial charge is 0.395 e. The fraction of sp³-hybridized carbons (Fsp3) is 0.263. The molecule has 8 heteroatoms. The zero-order valence-corrected chi connectivity index (χ0v) is 16.2. The summed E-state index contributed by atoms with van der Waals surface area (Å²) in [6.07, 6.45) is 2.85. The quantitative estimate of drug-likeness (QED) is 0.475. The summed E-state index contributed by atoms with van der Waals surface area (Å²) in [6.45, 7) is 0.763. The van der Waals surface area contributed by atoms with E-state index >= 15 is 0 Å². The van der Waals surface area contributed by atoms with E-state index in [0.717, 1.165) is 10.3 Å². The molecule has 0 fully saturated rings. The number of aliphatic hydroxyl groups is 1. The minimum Gasteiger partial charge on any atom is -0.395 e. The molecule has 0 aliphatic carbocycles. The summed E-state index contributed by atoms with van der Waals surface area (Å²) >= 11 is 3.47. The van der Waals surface area contributed by atoms with Crippen LogP contribution in [0, 0.1) is 5.82 Å². The molecular weight excluding hydrogens is 415 g/mol. The summed E-state index contributed by atoms with van der Waals surface area (Å²) < 4.78 is 16.9. The average Bonchev–Trinajstić information content (AvgIpc) is 3.05. The second-order valence-corrected chi connectivity index (χ2v) is 6.82. The zero-order valence-electron chi connectivity index (χ0n) is 14.6. The highest BCUT2D eigenvalue weighted by Crippen LogP contribution is 2.28. The Morgan fingerprint density at radius 2 is 2.07 bits per heavy atom. The minimum absolute atomic E-state index is 0.0691. The van der Waals surface area contributed by atoms with Crippen molar-refractivity contribution in [3.8, 4) is 11.3 Å². The first kappa shape index (κ1) is 19.3. The van der Waals surface area contributed by atoms with Crippen LogP contribution in [0.4, 0.5) is 10.2 Å². The number of amides is 1. The first-order chi connectivity index (χ1) is 13.1. The molecule has 6 nitrogen and oxygen atoms in total. The third kappa shape index (κ3) is 4.64. The van der Waals surface area contributed by atoms with Crippen LogP contribution in [0.15, 0.2) is 47.1 Å². The number of hydrogen-bond acceptors (Lipinski definition) is 4. The van der Waals surface area contributed by atoms with Crippen LogP contribution in [0.3, 0.4) is 0 Å². The molecule has 0 saturated heterocycles. The molecule has 27 heavy (non-hydrogen) atoms. The average molecular weight is 435 g/mol. The van der Waals surface area contributed by atoms with Gasteiger partial charge in [0.2, 0.25) is 5.91 Å². The summed E-state index contributed by atoms with van der Waals surface area (Å²) in [6, 6.07) is 10.2. The van der Waals surface area contributed by atoms with Crippen molar-refractivity contribution >= 4 is 33.3 Å². The van der Waals surface area contributed by atoms with Gasteiger partial charge in [-0.15, -0.1) is 0 Å². The van der Waals surface area contributed by atoms with Crippen molar-refractivity contribution in [3.05, 3.63) is 52.9 Å². The number of aliphatic hydroxyl groups excluding tert-OH is 1. The number of anilines is 1. The fourth-order valence-electron chi connectivity index (χ4n) is 2.74. The maximum absolute atomic E-state index is 14.2. The lowest BCUT2D eigenvalue weighted by Crippen LogP contribution is -2.26. The SMILES string of the molecule is O=C(CCCNc1cc(-c2ccccc2F)nc2c(Br)ccn12)NCCO. The predicted octanol–water partition coefficient (Wildman–Crippen LogP) is 3.20. The molecule has 0 saturated carbocycles. The molecule has 0 unspecified atom stereocenters. The van der Waals surface area contributed by atoms with E-state index in [1.807, 2.05) is 16.7 Å². The van der Waals surface area contributed by atoms with E-state index in [2.05, 4.69) is 31.5 Å². The van der Waals surface area contributed by atoms with Crippen LogP contribution in [-0.2, 0) is 4.79 Å². The lowest BCUT2D eigenvalue weighted by atomic mass is 10.1. The number of benzene rings is 1. The Morgan fingerprint density at radius 1 is 1.26 bits per heavy atom. The normalized spacial score (nSPS) is 10.9. The predicted molar refractivity (Wildman–Crippen MR) is 106 cm³/mol. The Hall–Kier alpha value is -2.45. The third-order valence-electron chi connectivity index (χ3n) is 4.04. The molecular formula is C19H20BrFN4O2. The number of hydrogen-bond donors (Lipinski definition) is 3. The van der Waals surface area contributed by atoms with Gasteiger partial charge < -0.3 is 15.7 Å². The van der Waals surface area contributed by atoms with Gasteiger partial charge in [-0.05, 0) is 40.5 Å². The molecule has 142 valence electrons. The highest BCUT2D eigenvalue weighted by molar-refractivity contribution is 9.10. The molecule has 0 spiro atoms. The topological polar surface area (TPSA) is 78.7 Å². The fourth-order valence-corrected chi connectivity index (χ4v) is 3.14. The number of rotatable bonds is 8. The number of fused-ring (bicyclic) bond motifs is 1. The van der Waals surface area contributed by atoms with E-state index in [-0.39, 0.29) is 24.9 Å². The van der Waals surface area contributed by atoms with Crippen molar-refractivity contribution in [3.63, 3.8) is 0 Å². The van der Waals surface area contributed by atoms with Crippen molar-refractivity contribution in [1.29, 1.82) is 0 Å². The first-order valence-electron chi connectivity index (χ1n) is 8.64. The zero-order chi connectivity index (χ0) is 19.2. The Morgan fingerprint density at radius 3 is 2.85 bits per heavy atom. The molecule has 0 aliphatic rings. The molecule has 3 rings (SSSR count). The number of aromatic nitrogens is 2. The maximum Gasteiger partial charge on any atom is 0.220 e. The highest BCUT2D eigenvalue weighted by Gasteiger charge is 2.12. The van der Waals surface area contributed by atoms with Crippen LogP contribution in [0.5, 0.6) is 0 Å². The van der Waals surface area contributed by atoms with Crippen LogP contribution in [0.2, 0.25) is 0 Å². The van der Waals surface area contributed by atoms with E-state index in [1.54, 1.807) is 24.3 Å². The van der Waals surface area contributed by atoms with E-state index in [4.69, 9.17) is 5.11 Å². The molecule has 0 radical (unpaired) electrons. The second-order valence-electron chi connectivity index (χ2n) is 5.97. The van der Waals surface area contributed by atoms with Crippen LogP contribution in [0.1, 0.15) is 12.8 Å². The maximum atomic E-state index is 14.2. The summed E-state index contributed by atoms with van der Waals surface area (Å²) in [4.78, 5) is 16.2. The van der Waals surface area contributed by atoms with E-state index in [1.165, 1.54) is 6.07 Å². The molecule has 2 heterocycles. The molecule has 3 aromatic rings. The highest BCUT2D eigenvalue weighted by atomic mass is 79.9. The molecule has 0 atom stereocenters. The van der Waals surface area contributed by atoms with Gasteiger partial charge in [0, 0.05) is 37.3 Å². The summed E-state index contributed by atoms with van der Waals surface area (Å²) in [5.41, 5.74) is 1.64. The summed E-state index contributed by atoms with van der Waals surface area (Å²) in [5.74, 6) is 0.338. The van der Waals surface area contributed by atoms with Gasteiger partial charge in [0.15, 0.2) is 5.65 Å². The van der Waals surface area contributed by atoms with Crippen molar-refractivity contribution in [2.24, 2.45) is 0 Å².